The quantitative estimate of drug-likeness (QED) is 0.632. The molecule has 0 N–H and O–H groups in total. The zero-order valence-electron chi connectivity index (χ0n) is 7.32. The zero-order valence-corrected chi connectivity index (χ0v) is 8.14. The molecule has 0 spiro atoms. The highest BCUT2D eigenvalue weighted by molar-refractivity contribution is 7.92. The summed E-state index contributed by atoms with van der Waals surface area (Å²) in [5, 5.41) is 0. The van der Waals surface area contributed by atoms with E-state index in [0.717, 1.165) is 11.1 Å². The van der Waals surface area contributed by atoms with E-state index in [0.29, 0.717) is 4.90 Å². The Morgan fingerprint density at radius 3 is 2.69 bits per heavy atom. The molecule has 0 bridgehead atoms. The van der Waals surface area contributed by atoms with Gasteiger partial charge in [-0.1, -0.05) is 24.3 Å². The van der Waals surface area contributed by atoms with Crippen molar-refractivity contribution in [1.29, 1.82) is 0 Å². The molecule has 0 aromatic heterocycles. The topological polar surface area (TPSA) is 34.1 Å². The molecule has 1 aliphatic rings. The highest BCUT2D eigenvalue weighted by Crippen LogP contribution is 2.33. The van der Waals surface area contributed by atoms with Gasteiger partial charge in [0, 0.05) is 0 Å². The molecule has 13 heavy (non-hydrogen) atoms. The van der Waals surface area contributed by atoms with E-state index < -0.39 is 9.84 Å². The molecule has 0 fully saturated rings. The molecule has 2 rings (SSSR count). The monoisotopic (exact) mass is 194 g/mol. The third kappa shape index (κ3) is 1.20. The van der Waals surface area contributed by atoms with Crippen molar-refractivity contribution >= 4 is 15.4 Å². The van der Waals surface area contributed by atoms with Crippen LogP contribution in [0, 0.1) is 0 Å². The van der Waals surface area contributed by atoms with Crippen LogP contribution in [0.2, 0.25) is 0 Å². The van der Waals surface area contributed by atoms with Crippen molar-refractivity contribution in [1.82, 2.24) is 0 Å². The summed E-state index contributed by atoms with van der Waals surface area (Å²) in [7, 11) is -3.04. The van der Waals surface area contributed by atoms with Gasteiger partial charge >= 0.3 is 0 Å². The van der Waals surface area contributed by atoms with Crippen molar-refractivity contribution in [3.63, 3.8) is 0 Å². The van der Waals surface area contributed by atoms with Crippen LogP contribution in [0.5, 0.6) is 0 Å². The molecule has 0 amide bonds. The fraction of sp³-hybridized carbons (Fsp3) is 0.200. The second-order valence-electron chi connectivity index (χ2n) is 3.07. The van der Waals surface area contributed by atoms with Crippen LogP contribution in [-0.4, -0.2) is 14.2 Å². The summed E-state index contributed by atoms with van der Waals surface area (Å²) in [5.74, 6) is 0.156. The summed E-state index contributed by atoms with van der Waals surface area (Å²) in [4.78, 5) is 0.475. The molecule has 1 aromatic carbocycles. The summed E-state index contributed by atoms with van der Waals surface area (Å²) in [6.07, 6.45) is 1.86. The minimum absolute atomic E-state index is 0.156. The SMILES string of the molecule is C/C=C1\CS(=O)(=O)c2ccccc21. The molecular formula is C10H10O2S. The van der Waals surface area contributed by atoms with Crippen molar-refractivity contribution in [2.24, 2.45) is 0 Å². The lowest BCUT2D eigenvalue weighted by Crippen LogP contribution is -1.97. The maximum absolute atomic E-state index is 11.6. The lowest BCUT2D eigenvalue weighted by Gasteiger charge is -1.95. The fourth-order valence-electron chi connectivity index (χ4n) is 1.60. The van der Waals surface area contributed by atoms with Gasteiger partial charge in [0.15, 0.2) is 9.84 Å². The van der Waals surface area contributed by atoms with Gasteiger partial charge in [-0.2, -0.15) is 0 Å². The predicted octanol–water partition coefficient (Wildman–Crippen LogP) is 1.88. The fourth-order valence-corrected chi connectivity index (χ4v) is 3.31. The Morgan fingerprint density at radius 1 is 1.31 bits per heavy atom. The lowest BCUT2D eigenvalue weighted by atomic mass is 10.1. The minimum atomic E-state index is -3.04. The smallest absolute Gasteiger partial charge is 0.183 e. The number of hydrogen-bond acceptors (Lipinski definition) is 2. The summed E-state index contributed by atoms with van der Waals surface area (Å²) in [6, 6.07) is 7.15. The Balaban J connectivity index is 2.79. The van der Waals surface area contributed by atoms with Crippen molar-refractivity contribution in [3.05, 3.63) is 35.9 Å². The van der Waals surface area contributed by atoms with Crippen LogP contribution in [0.4, 0.5) is 0 Å². The Labute approximate surface area is 77.8 Å². The maximum atomic E-state index is 11.6. The van der Waals surface area contributed by atoms with Gasteiger partial charge in [0.1, 0.15) is 0 Å². The molecular weight excluding hydrogens is 184 g/mol. The van der Waals surface area contributed by atoms with Crippen molar-refractivity contribution in [2.75, 3.05) is 5.75 Å². The number of hydrogen-bond donors (Lipinski definition) is 0. The molecule has 1 heterocycles. The summed E-state index contributed by atoms with van der Waals surface area (Å²) >= 11 is 0. The number of benzene rings is 1. The summed E-state index contributed by atoms with van der Waals surface area (Å²) in [5.41, 5.74) is 1.78. The number of allylic oxidation sites excluding steroid dienone is 1. The molecule has 0 saturated heterocycles. The van der Waals surface area contributed by atoms with E-state index in [1.54, 1.807) is 12.1 Å². The first kappa shape index (κ1) is 8.51. The Morgan fingerprint density at radius 2 is 2.00 bits per heavy atom. The summed E-state index contributed by atoms with van der Waals surface area (Å²) in [6.45, 7) is 1.87. The van der Waals surface area contributed by atoms with E-state index in [-0.39, 0.29) is 5.75 Å². The van der Waals surface area contributed by atoms with Crippen molar-refractivity contribution < 1.29 is 8.42 Å². The van der Waals surface area contributed by atoms with Crippen LogP contribution >= 0.6 is 0 Å². The molecule has 0 saturated carbocycles. The van der Waals surface area contributed by atoms with Crippen LogP contribution in [0.15, 0.2) is 35.2 Å². The second-order valence-corrected chi connectivity index (χ2v) is 5.03. The van der Waals surface area contributed by atoms with E-state index in [9.17, 15) is 8.42 Å². The highest BCUT2D eigenvalue weighted by Gasteiger charge is 2.28. The lowest BCUT2D eigenvalue weighted by molar-refractivity contribution is 0.601. The van der Waals surface area contributed by atoms with Crippen LogP contribution in [0.1, 0.15) is 12.5 Å². The first-order chi connectivity index (χ1) is 6.15. The van der Waals surface area contributed by atoms with E-state index in [2.05, 4.69) is 0 Å². The van der Waals surface area contributed by atoms with Gasteiger partial charge in [-0.3, -0.25) is 0 Å². The average molecular weight is 194 g/mol. The largest absolute Gasteiger partial charge is 0.223 e. The van der Waals surface area contributed by atoms with E-state index in [1.807, 2.05) is 25.1 Å². The van der Waals surface area contributed by atoms with Crippen LogP contribution in [0.3, 0.4) is 0 Å². The van der Waals surface area contributed by atoms with E-state index in [4.69, 9.17) is 0 Å². The molecule has 68 valence electrons. The third-order valence-corrected chi connectivity index (χ3v) is 3.98. The van der Waals surface area contributed by atoms with Crippen LogP contribution in [0.25, 0.3) is 5.57 Å². The summed E-state index contributed by atoms with van der Waals surface area (Å²) < 4.78 is 23.2. The van der Waals surface area contributed by atoms with Crippen molar-refractivity contribution in [2.45, 2.75) is 11.8 Å². The van der Waals surface area contributed by atoms with E-state index >= 15 is 0 Å². The molecule has 0 aliphatic carbocycles. The van der Waals surface area contributed by atoms with Gasteiger partial charge in [0.25, 0.3) is 0 Å². The van der Waals surface area contributed by atoms with Gasteiger partial charge in [0.05, 0.1) is 10.6 Å². The van der Waals surface area contributed by atoms with E-state index in [1.165, 1.54) is 0 Å². The van der Waals surface area contributed by atoms with Gasteiger partial charge in [-0.25, -0.2) is 8.42 Å². The molecule has 0 unspecified atom stereocenters. The van der Waals surface area contributed by atoms with Gasteiger partial charge in [0.2, 0.25) is 0 Å². The zero-order chi connectivity index (χ0) is 9.47. The minimum Gasteiger partial charge on any atom is -0.223 e. The van der Waals surface area contributed by atoms with Gasteiger partial charge in [-0.15, -0.1) is 0 Å². The molecule has 1 aliphatic heterocycles. The predicted molar refractivity (Wildman–Crippen MR) is 52.1 cm³/mol. The van der Waals surface area contributed by atoms with Crippen LogP contribution < -0.4 is 0 Å². The number of rotatable bonds is 0. The van der Waals surface area contributed by atoms with Crippen molar-refractivity contribution in [3.8, 4) is 0 Å². The average Bonchev–Trinajstić information content (AvgIpc) is 2.39. The highest BCUT2D eigenvalue weighted by atomic mass is 32.2. The molecule has 3 heteroatoms. The molecule has 1 aromatic rings. The molecule has 0 radical (unpaired) electrons. The third-order valence-electron chi connectivity index (χ3n) is 2.26. The second kappa shape index (κ2) is 2.70. The Hall–Kier alpha value is -1.09. The normalized spacial score (nSPS) is 21.8. The first-order valence-corrected chi connectivity index (χ1v) is 5.78. The Bertz CT molecular complexity index is 469. The molecule has 0 atom stereocenters. The molecule has 2 nitrogen and oxygen atoms in total. The Kier molecular flexibility index (Phi) is 1.77. The standard InChI is InChI=1S/C10H10O2S/c1-2-8-7-13(11,12)10-6-4-3-5-9(8)10/h2-6H,7H2,1H3/b8-2+. The number of sulfone groups is 1. The van der Waals surface area contributed by atoms with Gasteiger partial charge < -0.3 is 0 Å². The maximum Gasteiger partial charge on any atom is 0.183 e. The van der Waals surface area contributed by atoms with Gasteiger partial charge in [-0.05, 0) is 24.1 Å². The first-order valence-electron chi connectivity index (χ1n) is 4.12. The number of fused-ring (bicyclic) bond motifs is 1. The van der Waals surface area contributed by atoms with Crippen LogP contribution in [-0.2, 0) is 9.84 Å².